The van der Waals surface area contributed by atoms with Crippen molar-refractivity contribution in [1.82, 2.24) is 0 Å². The molecule has 0 N–H and O–H groups in total. The van der Waals surface area contributed by atoms with Crippen LogP contribution in [0.25, 0.3) is 0 Å². The number of halogens is 1. The molecule has 0 unspecified atom stereocenters. The smallest absolute Gasteiger partial charge is 0.315 e. The summed E-state index contributed by atoms with van der Waals surface area (Å²) in [4.78, 5) is 11.7. The molecule has 0 aromatic heterocycles. The van der Waals surface area contributed by atoms with Crippen molar-refractivity contribution in [2.24, 2.45) is 0 Å². The topological polar surface area (TPSA) is 26.3 Å². The highest BCUT2D eigenvalue weighted by atomic mass is 35.5. The van der Waals surface area contributed by atoms with E-state index in [1.54, 1.807) is 24.3 Å². The molecule has 2 aromatic carbocycles. The molecule has 0 aliphatic heterocycles. The summed E-state index contributed by atoms with van der Waals surface area (Å²) in [6.07, 6.45) is 0.217. The maximum absolute atomic E-state index is 11.7. The van der Waals surface area contributed by atoms with Crippen LogP contribution in [0.5, 0.6) is 5.75 Å². The highest BCUT2D eigenvalue weighted by molar-refractivity contribution is 6.30. The molecule has 0 spiro atoms. The van der Waals surface area contributed by atoms with Crippen molar-refractivity contribution < 1.29 is 9.53 Å². The normalized spacial score (nSPS) is 10.1. The van der Waals surface area contributed by atoms with Gasteiger partial charge in [0.1, 0.15) is 5.75 Å². The number of ether oxygens (including phenoxy) is 1. The van der Waals surface area contributed by atoms with Crippen LogP contribution >= 0.6 is 11.6 Å². The van der Waals surface area contributed by atoms with Gasteiger partial charge >= 0.3 is 5.97 Å². The summed E-state index contributed by atoms with van der Waals surface area (Å²) < 4.78 is 5.23. The predicted molar refractivity (Wildman–Crippen MR) is 72.0 cm³/mol. The second-order valence-corrected chi connectivity index (χ2v) is 4.53. The van der Waals surface area contributed by atoms with E-state index in [0.29, 0.717) is 10.8 Å². The Bertz CT molecular complexity index is 547. The number of esters is 1. The lowest BCUT2D eigenvalue weighted by atomic mass is 10.1. The average Bonchev–Trinajstić information content (AvgIpc) is 2.32. The van der Waals surface area contributed by atoms with E-state index < -0.39 is 0 Å². The van der Waals surface area contributed by atoms with Gasteiger partial charge in [0, 0.05) is 5.02 Å². The zero-order valence-electron chi connectivity index (χ0n) is 10.0. The first kappa shape index (κ1) is 12.7. The Labute approximate surface area is 111 Å². The van der Waals surface area contributed by atoms with Crippen molar-refractivity contribution in [3.05, 3.63) is 64.7 Å². The zero-order valence-corrected chi connectivity index (χ0v) is 10.8. The van der Waals surface area contributed by atoms with Gasteiger partial charge in [0.25, 0.3) is 0 Å². The molecule has 0 atom stereocenters. The van der Waals surface area contributed by atoms with Crippen molar-refractivity contribution in [2.75, 3.05) is 0 Å². The average molecular weight is 261 g/mol. The lowest BCUT2D eigenvalue weighted by molar-refractivity contribution is -0.133. The first-order valence-electron chi connectivity index (χ1n) is 5.65. The molecule has 0 radical (unpaired) electrons. The first-order chi connectivity index (χ1) is 8.63. The summed E-state index contributed by atoms with van der Waals surface area (Å²) in [6, 6.07) is 14.6. The van der Waals surface area contributed by atoms with Gasteiger partial charge in [-0.3, -0.25) is 4.79 Å². The number of carbonyl (C=O) groups excluding carboxylic acids is 1. The predicted octanol–water partition coefficient (Wildman–Crippen LogP) is 3.80. The Morgan fingerprint density at radius 2 is 1.89 bits per heavy atom. The molecule has 0 fully saturated rings. The molecule has 0 aliphatic carbocycles. The Morgan fingerprint density at radius 1 is 1.17 bits per heavy atom. The van der Waals surface area contributed by atoms with E-state index >= 15 is 0 Å². The van der Waals surface area contributed by atoms with Crippen molar-refractivity contribution >= 4 is 17.6 Å². The van der Waals surface area contributed by atoms with Crippen LogP contribution in [0, 0.1) is 6.92 Å². The SMILES string of the molecule is Cc1ccc(OC(=O)Cc2cccc(Cl)c2)cc1. The Balaban J connectivity index is 1.98. The van der Waals surface area contributed by atoms with Crippen LogP contribution in [0.1, 0.15) is 11.1 Å². The molecule has 0 saturated carbocycles. The van der Waals surface area contributed by atoms with Crippen molar-refractivity contribution in [2.45, 2.75) is 13.3 Å². The molecular formula is C15H13ClO2. The first-order valence-corrected chi connectivity index (χ1v) is 6.03. The number of benzene rings is 2. The lowest BCUT2D eigenvalue weighted by Gasteiger charge is -2.05. The number of aryl methyl sites for hydroxylation is 1. The van der Waals surface area contributed by atoms with Crippen LogP contribution in [0.2, 0.25) is 5.02 Å². The second-order valence-electron chi connectivity index (χ2n) is 4.09. The Morgan fingerprint density at radius 3 is 2.56 bits per heavy atom. The van der Waals surface area contributed by atoms with Gasteiger partial charge in [0.15, 0.2) is 0 Å². The molecule has 2 rings (SSSR count). The van der Waals surface area contributed by atoms with Crippen LogP contribution in [-0.2, 0) is 11.2 Å². The van der Waals surface area contributed by atoms with Gasteiger partial charge in [-0.1, -0.05) is 41.4 Å². The number of hydrogen-bond acceptors (Lipinski definition) is 2. The summed E-state index contributed by atoms with van der Waals surface area (Å²) in [6.45, 7) is 1.98. The lowest BCUT2D eigenvalue weighted by Crippen LogP contribution is -2.11. The minimum Gasteiger partial charge on any atom is -0.426 e. The summed E-state index contributed by atoms with van der Waals surface area (Å²) in [5, 5.41) is 0.621. The van der Waals surface area contributed by atoms with E-state index in [9.17, 15) is 4.79 Å². The summed E-state index contributed by atoms with van der Waals surface area (Å²) in [7, 11) is 0. The Hall–Kier alpha value is -1.80. The number of rotatable bonds is 3. The van der Waals surface area contributed by atoms with E-state index in [1.807, 2.05) is 31.2 Å². The molecule has 18 heavy (non-hydrogen) atoms. The van der Waals surface area contributed by atoms with Gasteiger partial charge in [0.05, 0.1) is 6.42 Å². The van der Waals surface area contributed by atoms with E-state index in [-0.39, 0.29) is 12.4 Å². The molecule has 0 saturated heterocycles. The molecule has 3 heteroatoms. The molecule has 2 aromatic rings. The fraction of sp³-hybridized carbons (Fsp3) is 0.133. The monoisotopic (exact) mass is 260 g/mol. The van der Waals surface area contributed by atoms with E-state index in [0.717, 1.165) is 11.1 Å². The molecule has 0 aliphatic rings. The van der Waals surface area contributed by atoms with Gasteiger partial charge in [-0.25, -0.2) is 0 Å². The summed E-state index contributed by atoms with van der Waals surface area (Å²) in [5.74, 6) is 0.272. The largest absolute Gasteiger partial charge is 0.426 e. The highest BCUT2D eigenvalue weighted by Crippen LogP contribution is 2.14. The van der Waals surface area contributed by atoms with E-state index in [4.69, 9.17) is 16.3 Å². The van der Waals surface area contributed by atoms with Crippen LogP contribution in [0.4, 0.5) is 0 Å². The standard InChI is InChI=1S/C15H13ClO2/c1-11-5-7-14(8-6-11)18-15(17)10-12-3-2-4-13(16)9-12/h2-9H,10H2,1H3. The second kappa shape index (κ2) is 5.69. The maximum Gasteiger partial charge on any atom is 0.315 e. The van der Waals surface area contributed by atoms with Crippen LogP contribution in [0.3, 0.4) is 0 Å². The van der Waals surface area contributed by atoms with Crippen LogP contribution in [-0.4, -0.2) is 5.97 Å². The third kappa shape index (κ3) is 3.60. The van der Waals surface area contributed by atoms with Crippen molar-refractivity contribution in [3.63, 3.8) is 0 Å². The summed E-state index contributed by atoms with van der Waals surface area (Å²) >= 11 is 5.85. The minimum atomic E-state index is -0.291. The zero-order chi connectivity index (χ0) is 13.0. The minimum absolute atomic E-state index is 0.217. The van der Waals surface area contributed by atoms with E-state index in [2.05, 4.69) is 0 Å². The number of carbonyl (C=O) groups is 1. The molecule has 0 heterocycles. The van der Waals surface area contributed by atoms with Crippen LogP contribution < -0.4 is 4.74 Å². The summed E-state index contributed by atoms with van der Waals surface area (Å²) in [5.41, 5.74) is 1.98. The van der Waals surface area contributed by atoms with Gasteiger partial charge in [0.2, 0.25) is 0 Å². The van der Waals surface area contributed by atoms with E-state index in [1.165, 1.54) is 0 Å². The fourth-order valence-corrected chi connectivity index (χ4v) is 1.80. The Kier molecular flexibility index (Phi) is 4.00. The molecule has 92 valence electrons. The fourth-order valence-electron chi connectivity index (χ4n) is 1.59. The third-order valence-corrected chi connectivity index (χ3v) is 2.73. The van der Waals surface area contributed by atoms with Crippen molar-refractivity contribution in [3.8, 4) is 5.75 Å². The third-order valence-electron chi connectivity index (χ3n) is 2.49. The maximum atomic E-state index is 11.7. The van der Waals surface area contributed by atoms with Gasteiger partial charge in [-0.05, 0) is 36.8 Å². The van der Waals surface area contributed by atoms with Gasteiger partial charge in [-0.2, -0.15) is 0 Å². The number of hydrogen-bond donors (Lipinski definition) is 0. The molecular weight excluding hydrogens is 248 g/mol. The molecule has 0 bridgehead atoms. The molecule has 0 amide bonds. The van der Waals surface area contributed by atoms with Gasteiger partial charge < -0.3 is 4.74 Å². The quantitative estimate of drug-likeness (QED) is 0.620. The van der Waals surface area contributed by atoms with Gasteiger partial charge in [-0.15, -0.1) is 0 Å². The molecule has 2 nitrogen and oxygen atoms in total. The van der Waals surface area contributed by atoms with Crippen LogP contribution in [0.15, 0.2) is 48.5 Å². The highest BCUT2D eigenvalue weighted by Gasteiger charge is 2.06. The van der Waals surface area contributed by atoms with Crippen molar-refractivity contribution in [1.29, 1.82) is 0 Å².